The number of para-hydroxylation sites is 1. The topological polar surface area (TPSA) is 85.2 Å². The number of hydrogen-bond donors (Lipinski definition) is 2. The summed E-state index contributed by atoms with van der Waals surface area (Å²) in [6, 6.07) is 11.1. The average Bonchev–Trinajstić information content (AvgIpc) is 3.19. The molecule has 0 aliphatic carbocycles. The maximum Gasteiger partial charge on any atom is 0.573 e. The number of nitrogens with zero attached hydrogens (tertiary/aromatic N) is 2. The fourth-order valence-corrected chi connectivity index (χ4v) is 4.96. The molecule has 0 radical (unpaired) electrons. The molecule has 2 N–H and O–H groups in total. The van der Waals surface area contributed by atoms with Crippen molar-refractivity contribution in [3.05, 3.63) is 53.7 Å². The molecule has 11 heteroatoms. The molecule has 4 aromatic rings. The Bertz CT molecular complexity index is 1400. The Hall–Kier alpha value is -3.44. The first-order valence-electron chi connectivity index (χ1n) is 10.1. The highest BCUT2D eigenvalue weighted by Crippen LogP contribution is 2.32. The van der Waals surface area contributed by atoms with Gasteiger partial charge in [-0.1, -0.05) is 29.5 Å². The van der Waals surface area contributed by atoms with E-state index >= 15 is 0 Å². The number of rotatable bonds is 4. The van der Waals surface area contributed by atoms with Gasteiger partial charge in [-0.25, -0.2) is 4.98 Å². The third-order valence-electron chi connectivity index (χ3n) is 5.38. The number of thiazole rings is 1. The van der Waals surface area contributed by atoms with E-state index in [2.05, 4.69) is 24.9 Å². The number of Topliss-reactive ketones (excluding diaryl/α,β-unsaturated/α-hetero) is 1. The Morgan fingerprint density at radius 3 is 2.82 bits per heavy atom. The molecular weight excluding hydrogens is 457 g/mol. The van der Waals surface area contributed by atoms with E-state index in [0.717, 1.165) is 35.2 Å². The van der Waals surface area contributed by atoms with Crippen LogP contribution in [0.2, 0.25) is 0 Å². The van der Waals surface area contributed by atoms with Gasteiger partial charge in [-0.15, -0.1) is 13.2 Å². The van der Waals surface area contributed by atoms with E-state index in [9.17, 15) is 22.8 Å². The molecule has 2 aromatic carbocycles. The second-order valence-electron chi connectivity index (χ2n) is 7.47. The molecule has 2 aromatic heterocycles. The lowest BCUT2D eigenvalue weighted by molar-refractivity contribution is -0.274. The van der Waals surface area contributed by atoms with E-state index in [-0.39, 0.29) is 12.3 Å². The van der Waals surface area contributed by atoms with Gasteiger partial charge in [0.05, 0.1) is 15.8 Å². The highest BCUT2D eigenvalue weighted by atomic mass is 32.1. The van der Waals surface area contributed by atoms with Crippen molar-refractivity contribution in [3.63, 3.8) is 0 Å². The molecule has 1 amide bonds. The number of hydrogen-bond acceptors (Lipinski definition) is 6. The minimum absolute atomic E-state index is 0. The van der Waals surface area contributed by atoms with Gasteiger partial charge < -0.3 is 14.6 Å². The minimum Gasteiger partial charge on any atom is -0.406 e. The van der Waals surface area contributed by atoms with Crippen molar-refractivity contribution in [3.8, 4) is 5.75 Å². The van der Waals surface area contributed by atoms with E-state index in [1.165, 1.54) is 12.1 Å². The molecule has 33 heavy (non-hydrogen) atoms. The molecule has 1 aliphatic heterocycles. The Kier molecular flexibility index (Phi) is 5.29. The summed E-state index contributed by atoms with van der Waals surface area (Å²) < 4.78 is 43.8. The fourth-order valence-electron chi connectivity index (χ4n) is 4.07. The molecule has 172 valence electrons. The van der Waals surface area contributed by atoms with Gasteiger partial charge in [-0.2, -0.15) is 0 Å². The molecule has 0 unspecified atom stereocenters. The van der Waals surface area contributed by atoms with Crippen LogP contribution >= 0.6 is 11.3 Å². The maximum atomic E-state index is 13.2. The van der Waals surface area contributed by atoms with E-state index in [1.54, 1.807) is 0 Å². The summed E-state index contributed by atoms with van der Waals surface area (Å²) in [7, 11) is 0. The van der Waals surface area contributed by atoms with Crippen molar-refractivity contribution in [2.75, 3.05) is 18.4 Å². The number of carbonyl (C=O) groups excluding carboxylic acids is 2. The smallest absolute Gasteiger partial charge is 0.406 e. The van der Waals surface area contributed by atoms with Crippen LogP contribution in [0.15, 0.2) is 42.5 Å². The number of nitrogens with one attached hydrogen (secondary N) is 2. The normalized spacial score (nSPS) is 14.2. The van der Waals surface area contributed by atoms with E-state index < -0.39 is 18.1 Å². The van der Waals surface area contributed by atoms with Crippen LogP contribution in [-0.4, -0.2) is 40.7 Å². The van der Waals surface area contributed by atoms with Gasteiger partial charge in [0, 0.05) is 50.1 Å². The molecule has 1 aliphatic rings. The minimum atomic E-state index is -4.81. The molecule has 5 rings (SSSR count). The predicted octanol–water partition coefficient (Wildman–Crippen LogP) is 4.36. The van der Waals surface area contributed by atoms with Gasteiger partial charge in [0.2, 0.25) is 0 Å². The fraction of sp³-hybridized carbons (Fsp3) is 0.227. The molecule has 0 bridgehead atoms. The summed E-state index contributed by atoms with van der Waals surface area (Å²) in [5, 5.41) is 6.63. The first-order valence-corrected chi connectivity index (χ1v) is 10.9. The van der Waals surface area contributed by atoms with Crippen LogP contribution in [0.25, 0.3) is 21.1 Å². The third-order valence-corrected chi connectivity index (χ3v) is 6.31. The summed E-state index contributed by atoms with van der Waals surface area (Å²) in [5.41, 5.74) is 2.45. The Morgan fingerprint density at radius 1 is 1.18 bits per heavy atom. The molecule has 0 spiro atoms. The van der Waals surface area contributed by atoms with Crippen molar-refractivity contribution in [2.45, 2.75) is 19.3 Å². The summed E-state index contributed by atoms with van der Waals surface area (Å²) >= 11 is 0.958. The van der Waals surface area contributed by atoms with Crippen LogP contribution in [0.1, 0.15) is 17.5 Å². The molecule has 0 saturated heterocycles. The lowest BCUT2D eigenvalue weighted by Gasteiger charge is -2.07. The van der Waals surface area contributed by atoms with Gasteiger partial charge in [0.25, 0.3) is 11.7 Å². The quantitative estimate of drug-likeness (QED) is 0.338. The lowest BCUT2D eigenvalue weighted by Crippen LogP contribution is -2.24. The lowest BCUT2D eigenvalue weighted by atomic mass is 10.0. The van der Waals surface area contributed by atoms with E-state index in [1.807, 2.05) is 24.3 Å². The van der Waals surface area contributed by atoms with E-state index in [4.69, 9.17) is 0 Å². The standard InChI is InChI=1S/C22H17F3N4O3S.H2/c23-22(24,25)32-12-5-6-14-17(11-12)33-21(27-14)28-20(31)19(30)18-13-3-1-2-4-15(13)29-10-9-26-8-7-16(18)29;/h1-6,11,26H,7-10H2,(H,27,28,31);1H. The van der Waals surface area contributed by atoms with Gasteiger partial charge in [0.1, 0.15) is 5.75 Å². The Morgan fingerprint density at radius 2 is 2.00 bits per heavy atom. The average molecular weight is 476 g/mol. The number of ether oxygens (including phenoxy) is 1. The van der Waals surface area contributed by atoms with Crippen molar-refractivity contribution in [1.29, 1.82) is 0 Å². The number of benzene rings is 2. The number of anilines is 1. The molecule has 3 heterocycles. The van der Waals surface area contributed by atoms with Crippen LogP contribution in [0.3, 0.4) is 0 Å². The van der Waals surface area contributed by atoms with Crippen molar-refractivity contribution < 1.29 is 28.9 Å². The van der Waals surface area contributed by atoms with Crippen LogP contribution in [0, 0.1) is 0 Å². The Labute approximate surface area is 190 Å². The number of fused-ring (bicyclic) bond motifs is 4. The van der Waals surface area contributed by atoms with Gasteiger partial charge >= 0.3 is 6.36 Å². The monoisotopic (exact) mass is 476 g/mol. The summed E-state index contributed by atoms with van der Waals surface area (Å²) in [5.74, 6) is -1.91. The van der Waals surface area contributed by atoms with Gasteiger partial charge in [0.15, 0.2) is 5.13 Å². The van der Waals surface area contributed by atoms with Crippen LogP contribution in [-0.2, 0) is 17.8 Å². The summed E-state index contributed by atoms with van der Waals surface area (Å²) in [6.45, 7) is 2.14. The molecule has 7 nitrogen and oxygen atoms in total. The third kappa shape index (κ3) is 4.16. The first-order chi connectivity index (χ1) is 15.8. The summed E-state index contributed by atoms with van der Waals surface area (Å²) in [4.78, 5) is 30.3. The van der Waals surface area contributed by atoms with Gasteiger partial charge in [-0.3, -0.25) is 14.9 Å². The zero-order valence-corrected chi connectivity index (χ0v) is 17.8. The zero-order chi connectivity index (χ0) is 23.2. The van der Waals surface area contributed by atoms with Crippen molar-refractivity contribution >= 4 is 49.3 Å². The zero-order valence-electron chi connectivity index (χ0n) is 17.0. The van der Waals surface area contributed by atoms with Crippen LogP contribution < -0.4 is 15.4 Å². The molecular formula is C22H19F3N4O3S. The molecule has 0 saturated carbocycles. The summed E-state index contributed by atoms with van der Waals surface area (Å²) in [6.07, 6.45) is -4.21. The second-order valence-corrected chi connectivity index (χ2v) is 8.50. The number of halogens is 3. The highest BCUT2D eigenvalue weighted by molar-refractivity contribution is 7.22. The van der Waals surface area contributed by atoms with Crippen molar-refractivity contribution in [2.24, 2.45) is 0 Å². The highest BCUT2D eigenvalue weighted by Gasteiger charge is 2.31. The SMILES string of the molecule is O=C(Nc1nc2ccc(OC(F)(F)F)cc2s1)C(=O)c1c2n(c3ccccc13)CCNCC2.[HH]. The number of aromatic nitrogens is 2. The first kappa shape index (κ1) is 21.4. The number of alkyl halides is 3. The maximum absolute atomic E-state index is 13.2. The predicted molar refractivity (Wildman–Crippen MR) is 120 cm³/mol. The molecule has 0 fully saturated rings. The van der Waals surface area contributed by atoms with Crippen LogP contribution in [0.5, 0.6) is 5.75 Å². The van der Waals surface area contributed by atoms with E-state index in [0.29, 0.717) is 40.7 Å². The largest absolute Gasteiger partial charge is 0.573 e. The number of carbonyl (C=O) groups is 2. The number of ketones is 1. The molecule has 0 atom stereocenters. The second kappa shape index (κ2) is 8.16. The van der Waals surface area contributed by atoms with Crippen LogP contribution in [0.4, 0.5) is 18.3 Å². The van der Waals surface area contributed by atoms with Gasteiger partial charge in [-0.05, 0) is 18.2 Å². The Balaban J connectivity index is 0.00000274. The van der Waals surface area contributed by atoms with Crippen molar-refractivity contribution in [1.82, 2.24) is 14.9 Å². The number of amides is 1.